The number of nitrogens with zero attached hydrogens (tertiary/aromatic N) is 1. The molecular weight excluding hydrogens is 400 g/mol. The number of carbonyl (C=O) groups is 1. The topological polar surface area (TPSA) is 96.4 Å². The lowest BCUT2D eigenvalue weighted by Crippen LogP contribution is -2.12. The van der Waals surface area contributed by atoms with Gasteiger partial charge in [-0.1, -0.05) is 42.5 Å². The monoisotopic (exact) mass is 422 g/mol. The van der Waals surface area contributed by atoms with E-state index in [2.05, 4.69) is 9.71 Å². The summed E-state index contributed by atoms with van der Waals surface area (Å²) in [6, 6.07) is 19.0. The van der Waals surface area contributed by atoms with E-state index in [1.54, 1.807) is 42.7 Å². The molecule has 0 fully saturated rings. The number of sulfonamides is 1. The van der Waals surface area contributed by atoms with Crippen LogP contribution in [-0.4, -0.2) is 24.5 Å². The molecule has 0 aliphatic rings. The molecule has 0 amide bonds. The number of hydrogen-bond acceptors (Lipinski definition) is 4. The quantitative estimate of drug-likeness (QED) is 0.493. The van der Waals surface area contributed by atoms with Crippen molar-refractivity contribution < 1.29 is 18.3 Å². The number of unbranched alkanes of at least 4 members (excludes halogenated alkanes) is 1. The molecule has 1 heterocycles. The van der Waals surface area contributed by atoms with E-state index in [1.165, 1.54) is 12.1 Å². The number of benzene rings is 2. The summed E-state index contributed by atoms with van der Waals surface area (Å²) in [6.07, 6.45) is 6.68. The molecule has 0 atom stereocenters. The Morgan fingerprint density at radius 1 is 0.967 bits per heavy atom. The number of pyridine rings is 1. The zero-order valence-electron chi connectivity index (χ0n) is 16.2. The first-order valence-electron chi connectivity index (χ1n) is 9.46. The summed E-state index contributed by atoms with van der Waals surface area (Å²) in [7, 11) is -3.65. The third-order valence-corrected chi connectivity index (χ3v) is 5.81. The standard InChI is InChI=1S/C23H22N2O4S/c26-23(27)11-5-4-10-22(19-7-6-16-24-17-19)18-12-14-20(15-13-18)25-30(28,29)21-8-2-1-3-9-21/h1-3,6-10,12-17,25H,4-5,11H2,(H,26,27)/b22-10+. The first kappa shape index (κ1) is 21.3. The van der Waals surface area contributed by atoms with Crippen molar-refractivity contribution in [1.29, 1.82) is 0 Å². The van der Waals surface area contributed by atoms with Crippen molar-refractivity contribution in [3.05, 3.63) is 96.3 Å². The second kappa shape index (κ2) is 9.84. The molecule has 0 aliphatic carbocycles. The lowest BCUT2D eigenvalue weighted by atomic mass is 9.97. The van der Waals surface area contributed by atoms with Gasteiger partial charge < -0.3 is 5.11 Å². The van der Waals surface area contributed by atoms with Crippen LogP contribution in [0.25, 0.3) is 5.57 Å². The summed E-state index contributed by atoms with van der Waals surface area (Å²) in [5.74, 6) is -0.818. The summed E-state index contributed by atoms with van der Waals surface area (Å²) in [5, 5.41) is 8.83. The van der Waals surface area contributed by atoms with Crippen molar-refractivity contribution in [2.24, 2.45) is 0 Å². The third-order valence-electron chi connectivity index (χ3n) is 4.42. The highest BCUT2D eigenvalue weighted by Crippen LogP contribution is 2.26. The molecule has 2 aromatic carbocycles. The first-order valence-corrected chi connectivity index (χ1v) is 10.9. The Bertz CT molecular complexity index is 1110. The van der Waals surface area contributed by atoms with E-state index in [0.29, 0.717) is 18.5 Å². The maximum Gasteiger partial charge on any atom is 0.303 e. The van der Waals surface area contributed by atoms with E-state index < -0.39 is 16.0 Å². The van der Waals surface area contributed by atoms with Gasteiger partial charge in [0.2, 0.25) is 0 Å². The average molecular weight is 423 g/mol. The highest BCUT2D eigenvalue weighted by molar-refractivity contribution is 7.92. The molecule has 0 aliphatic heterocycles. The minimum atomic E-state index is -3.65. The third kappa shape index (κ3) is 5.78. The van der Waals surface area contributed by atoms with E-state index >= 15 is 0 Å². The Hall–Kier alpha value is -3.45. The number of carboxylic acid groups (broad SMARTS) is 1. The normalized spacial score (nSPS) is 11.8. The minimum Gasteiger partial charge on any atom is -0.481 e. The number of allylic oxidation sites excluding steroid dienone is 1. The molecule has 3 aromatic rings. The maximum atomic E-state index is 12.5. The highest BCUT2D eigenvalue weighted by atomic mass is 32.2. The number of anilines is 1. The maximum absolute atomic E-state index is 12.5. The van der Waals surface area contributed by atoms with Gasteiger partial charge in [0, 0.05) is 30.1 Å². The van der Waals surface area contributed by atoms with Crippen LogP contribution in [0, 0.1) is 0 Å². The molecule has 0 spiro atoms. The Balaban J connectivity index is 1.82. The Labute approximate surface area is 176 Å². The average Bonchev–Trinajstić information content (AvgIpc) is 2.75. The largest absolute Gasteiger partial charge is 0.481 e. The molecule has 0 saturated heterocycles. The predicted molar refractivity (Wildman–Crippen MR) is 116 cm³/mol. The van der Waals surface area contributed by atoms with Gasteiger partial charge >= 0.3 is 5.97 Å². The van der Waals surface area contributed by atoms with E-state index in [-0.39, 0.29) is 11.3 Å². The fourth-order valence-corrected chi connectivity index (χ4v) is 4.04. The van der Waals surface area contributed by atoms with E-state index in [4.69, 9.17) is 5.11 Å². The Kier molecular flexibility index (Phi) is 6.98. The predicted octanol–water partition coefficient (Wildman–Crippen LogP) is 4.57. The zero-order valence-corrected chi connectivity index (χ0v) is 17.0. The van der Waals surface area contributed by atoms with Gasteiger partial charge in [0.1, 0.15) is 0 Å². The lowest BCUT2D eigenvalue weighted by molar-refractivity contribution is -0.137. The molecule has 1 aromatic heterocycles. The van der Waals surface area contributed by atoms with Gasteiger partial charge in [-0.2, -0.15) is 0 Å². The molecule has 2 N–H and O–H groups in total. The van der Waals surface area contributed by atoms with Crippen LogP contribution in [0.2, 0.25) is 0 Å². The fraction of sp³-hybridized carbons (Fsp3) is 0.130. The van der Waals surface area contributed by atoms with Gasteiger partial charge in [-0.05, 0) is 54.3 Å². The number of aromatic nitrogens is 1. The van der Waals surface area contributed by atoms with Crippen LogP contribution in [0.1, 0.15) is 30.4 Å². The summed E-state index contributed by atoms with van der Waals surface area (Å²) < 4.78 is 27.6. The second-order valence-corrected chi connectivity index (χ2v) is 8.32. The molecule has 30 heavy (non-hydrogen) atoms. The summed E-state index contributed by atoms with van der Waals surface area (Å²) in [5.41, 5.74) is 3.18. The van der Waals surface area contributed by atoms with Gasteiger partial charge in [0.15, 0.2) is 0 Å². The molecule has 3 rings (SSSR count). The summed E-state index contributed by atoms with van der Waals surface area (Å²) >= 11 is 0. The van der Waals surface area contributed by atoms with Crippen molar-refractivity contribution in [1.82, 2.24) is 4.98 Å². The molecule has 0 radical (unpaired) electrons. The summed E-state index contributed by atoms with van der Waals surface area (Å²) in [6.45, 7) is 0. The molecular formula is C23H22N2O4S. The van der Waals surface area contributed by atoms with Gasteiger partial charge in [-0.3, -0.25) is 14.5 Å². The molecule has 0 bridgehead atoms. The number of aliphatic carboxylic acids is 1. The van der Waals surface area contributed by atoms with Crippen LogP contribution in [0.15, 0.2) is 90.1 Å². The van der Waals surface area contributed by atoms with Gasteiger partial charge in [-0.25, -0.2) is 8.42 Å². The SMILES string of the molecule is O=C(O)CCC/C=C(\c1ccc(NS(=O)(=O)c2ccccc2)cc1)c1cccnc1. The van der Waals surface area contributed by atoms with Crippen LogP contribution in [0.4, 0.5) is 5.69 Å². The number of rotatable bonds is 9. The van der Waals surface area contributed by atoms with E-state index in [1.807, 2.05) is 30.3 Å². The number of carboxylic acids is 1. The van der Waals surface area contributed by atoms with Crippen LogP contribution < -0.4 is 4.72 Å². The van der Waals surface area contributed by atoms with Crippen molar-refractivity contribution >= 4 is 27.3 Å². The molecule has 6 nitrogen and oxygen atoms in total. The highest BCUT2D eigenvalue weighted by Gasteiger charge is 2.13. The van der Waals surface area contributed by atoms with Crippen LogP contribution in [0.3, 0.4) is 0 Å². The zero-order chi connectivity index (χ0) is 21.4. The minimum absolute atomic E-state index is 0.108. The Morgan fingerprint density at radius 3 is 2.33 bits per heavy atom. The lowest BCUT2D eigenvalue weighted by Gasteiger charge is -2.11. The number of nitrogens with one attached hydrogen (secondary N) is 1. The van der Waals surface area contributed by atoms with Crippen molar-refractivity contribution in [2.45, 2.75) is 24.2 Å². The number of hydrogen-bond donors (Lipinski definition) is 2. The van der Waals surface area contributed by atoms with Crippen molar-refractivity contribution in [3.8, 4) is 0 Å². The first-order chi connectivity index (χ1) is 14.5. The van der Waals surface area contributed by atoms with Gasteiger partial charge in [-0.15, -0.1) is 0 Å². The smallest absolute Gasteiger partial charge is 0.303 e. The van der Waals surface area contributed by atoms with E-state index in [0.717, 1.165) is 16.7 Å². The van der Waals surface area contributed by atoms with Crippen LogP contribution in [-0.2, 0) is 14.8 Å². The van der Waals surface area contributed by atoms with Crippen LogP contribution in [0.5, 0.6) is 0 Å². The van der Waals surface area contributed by atoms with Gasteiger partial charge in [0.05, 0.1) is 4.90 Å². The molecule has 7 heteroatoms. The van der Waals surface area contributed by atoms with Crippen LogP contribution >= 0.6 is 0 Å². The molecule has 0 saturated carbocycles. The molecule has 154 valence electrons. The van der Waals surface area contributed by atoms with Gasteiger partial charge in [0.25, 0.3) is 10.0 Å². The summed E-state index contributed by atoms with van der Waals surface area (Å²) in [4.78, 5) is 15.1. The fourth-order valence-electron chi connectivity index (χ4n) is 2.96. The molecule has 0 unspecified atom stereocenters. The van der Waals surface area contributed by atoms with Crippen molar-refractivity contribution in [2.75, 3.05) is 4.72 Å². The van der Waals surface area contributed by atoms with E-state index in [9.17, 15) is 13.2 Å². The Morgan fingerprint density at radius 2 is 1.70 bits per heavy atom. The second-order valence-electron chi connectivity index (χ2n) is 6.64. The van der Waals surface area contributed by atoms with Crippen molar-refractivity contribution in [3.63, 3.8) is 0 Å².